The Morgan fingerprint density at radius 1 is 1.23 bits per heavy atom. The van der Waals surface area contributed by atoms with Gasteiger partial charge in [0.05, 0.1) is 0 Å². The molecule has 0 aromatic rings. The fraction of sp³-hybridized carbons (Fsp3) is 0.941. The Kier molecular flexibility index (Phi) is 7.63. The molecule has 0 saturated carbocycles. The minimum atomic E-state index is -0.438. The second-order valence-corrected chi connectivity index (χ2v) is 7.69. The summed E-state index contributed by atoms with van der Waals surface area (Å²) in [6, 6.07) is 1.39. The summed E-state index contributed by atoms with van der Waals surface area (Å²) in [5.41, 5.74) is -0.438. The molecule has 0 aromatic heterocycles. The van der Waals surface area contributed by atoms with Gasteiger partial charge < -0.3 is 20.3 Å². The number of carbonyl (C=O) groups excluding carboxylic acids is 1. The van der Waals surface area contributed by atoms with Crippen LogP contribution in [0.2, 0.25) is 0 Å². The molecule has 0 aliphatic carbocycles. The third-order valence-corrected chi connectivity index (χ3v) is 4.03. The largest absolute Gasteiger partial charge is 0.444 e. The Morgan fingerprint density at radius 2 is 1.82 bits per heavy atom. The van der Waals surface area contributed by atoms with E-state index in [1.165, 1.54) is 25.9 Å². The van der Waals surface area contributed by atoms with Crippen molar-refractivity contribution in [3.63, 3.8) is 0 Å². The van der Waals surface area contributed by atoms with Gasteiger partial charge in [-0.25, -0.2) is 4.79 Å². The average Bonchev–Trinajstić information content (AvgIpc) is 2.36. The Balaban J connectivity index is 2.13. The van der Waals surface area contributed by atoms with Crippen molar-refractivity contribution in [2.75, 3.05) is 19.6 Å². The molecular weight excluding hydrogens is 278 g/mol. The molecule has 0 radical (unpaired) electrons. The van der Waals surface area contributed by atoms with Gasteiger partial charge in [-0.15, -0.1) is 0 Å². The second kappa shape index (κ2) is 8.73. The van der Waals surface area contributed by atoms with E-state index in [-0.39, 0.29) is 12.1 Å². The zero-order valence-electron chi connectivity index (χ0n) is 15.2. The molecular formula is C17H35N3O2. The number of ether oxygens (including phenoxy) is 1. The number of nitrogens with zero attached hydrogens (tertiary/aromatic N) is 1. The lowest BCUT2D eigenvalue weighted by molar-refractivity contribution is 0.0506. The number of hydrogen-bond acceptors (Lipinski definition) is 4. The molecule has 1 fully saturated rings. The number of hydrogen-bond donors (Lipinski definition) is 2. The first kappa shape index (κ1) is 19.2. The van der Waals surface area contributed by atoms with Gasteiger partial charge in [-0.1, -0.05) is 0 Å². The van der Waals surface area contributed by atoms with Crippen LogP contribution in [0.1, 0.15) is 60.8 Å². The maximum Gasteiger partial charge on any atom is 0.407 e. The Labute approximate surface area is 136 Å². The highest BCUT2D eigenvalue weighted by Gasteiger charge is 2.21. The molecule has 1 aliphatic rings. The van der Waals surface area contributed by atoms with E-state index in [4.69, 9.17) is 4.74 Å². The van der Waals surface area contributed by atoms with Gasteiger partial charge in [0.25, 0.3) is 0 Å². The summed E-state index contributed by atoms with van der Waals surface area (Å²) in [4.78, 5) is 14.2. The highest BCUT2D eigenvalue weighted by Crippen LogP contribution is 2.13. The van der Waals surface area contributed by atoms with Gasteiger partial charge in [-0.05, 0) is 80.4 Å². The lowest BCUT2D eigenvalue weighted by Gasteiger charge is -2.35. The van der Waals surface area contributed by atoms with Crippen LogP contribution in [0.5, 0.6) is 0 Å². The molecule has 0 bridgehead atoms. The molecule has 130 valence electrons. The molecule has 1 rings (SSSR count). The van der Waals surface area contributed by atoms with Gasteiger partial charge in [-0.2, -0.15) is 0 Å². The molecule has 1 saturated heterocycles. The molecule has 1 atom stereocenters. The van der Waals surface area contributed by atoms with Crippen molar-refractivity contribution in [2.24, 2.45) is 0 Å². The standard InChI is InChI=1S/C17H35N3O2/c1-13(2)20-11-8-15(9-12-20)18-10-7-14(3)19-16(21)22-17(4,5)6/h13-15,18H,7-12H2,1-6H3,(H,19,21). The summed E-state index contributed by atoms with van der Waals surface area (Å²) in [6.45, 7) is 15.5. The normalized spacial score (nSPS) is 19.2. The van der Waals surface area contributed by atoms with Crippen molar-refractivity contribution in [1.29, 1.82) is 0 Å². The van der Waals surface area contributed by atoms with Crippen molar-refractivity contribution >= 4 is 6.09 Å². The fourth-order valence-corrected chi connectivity index (χ4v) is 2.70. The van der Waals surface area contributed by atoms with Crippen LogP contribution in [0.4, 0.5) is 4.79 Å². The zero-order valence-corrected chi connectivity index (χ0v) is 15.2. The summed E-state index contributed by atoms with van der Waals surface area (Å²) in [7, 11) is 0. The third kappa shape index (κ3) is 7.99. The number of amides is 1. The molecule has 1 heterocycles. The molecule has 0 aromatic carbocycles. The van der Waals surface area contributed by atoms with Crippen molar-refractivity contribution in [2.45, 2.75) is 84.5 Å². The van der Waals surface area contributed by atoms with Crippen LogP contribution in [0.25, 0.3) is 0 Å². The molecule has 0 spiro atoms. The minimum absolute atomic E-state index is 0.123. The van der Waals surface area contributed by atoms with Gasteiger partial charge in [0, 0.05) is 18.1 Å². The second-order valence-electron chi connectivity index (χ2n) is 7.69. The molecule has 1 amide bonds. The van der Waals surface area contributed by atoms with Crippen LogP contribution in [0.3, 0.4) is 0 Å². The van der Waals surface area contributed by atoms with Gasteiger partial charge in [0.15, 0.2) is 0 Å². The smallest absolute Gasteiger partial charge is 0.407 e. The maximum absolute atomic E-state index is 11.7. The summed E-state index contributed by atoms with van der Waals surface area (Å²) < 4.78 is 5.26. The first-order valence-corrected chi connectivity index (χ1v) is 8.64. The highest BCUT2D eigenvalue weighted by atomic mass is 16.6. The first-order chi connectivity index (χ1) is 10.2. The lowest BCUT2D eigenvalue weighted by atomic mass is 10.0. The first-order valence-electron chi connectivity index (χ1n) is 8.64. The Hall–Kier alpha value is -0.810. The Bertz CT molecular complexity index is 331. The van der Waals surface area contributed by atoms with Gasteiger partial charge in [0.2, 0.25) is 0 Å². The maximum atomic E-state index is 11.7. The van der Waals surface area contributed by atoms with Crippen LogP contribution in [0.15, 0.2) is 0 Å². The monoisotopic (exact) mass is 313 g/mol. The summed E-state index contributed by atoms with van der Waals surface area (Å²) in [6.07, 6.45) is 3.02. The van der Waals surface area contributed by atoms with Crippen LogP contribution in [0, 0.1) is 0 Å². The predicted octanol–water partition coefficient (Wildman–Crippen LogP) is 2.75. The van der Waals surface area contributed by atoms with E-state index in [1.54, 1.807) is 0 Å². The SMILES string of the molecule is CC(CCNC1CCN(C(C)C)CC1)NC(=O)OC(C)(C)C. The van der Waals surface area contributed by atoms with Crippen LogP contribution in [-0.2, 0) is 4.74 Å². The molecule has 5 nitrogen and oxygen atoms in total. The van der Waals surface area contributed by atoms with Crippen molar-refractivity contribution in [1.82, 2.24) is 15.5 Å². The topological polar surface area (TPSA) is 53.6 Å². The van der Waals surface area contributed by atoms with Gasteiger partial charge >= 0.3 is 6.09 Å². The van der Waals surface area contributed by atoms with Crippen molar-refractivity contribution in [3.8, 4) is 0 Å². The number of alkyl carbamates (subject to hydrolysis) is 1. The fourth-order valence-electron chi connectivity index (χ4n) is 2.70. The number of carbonyl (C=O) groups is 1. The van der Waals surface area contributed by atoms with Crippen LogP contribution in [-0.4, -0.2) is 54.4 Å². The number of nitrogens with one attached hydrogen (secondary N) is 2. The quantitative estimate of drug-likeness (QED) is 0.792. The van der Waals surface area contributed by atoms with E-state index in [0.717, 1.165) is 13.0 Å². The van der Waals surface area contributed by atoms with Crippen molar-refractivity contribution < 1.29 is 9.53 Å². The average molecular weight is 313 g/mol. The lowest BCUT2D eigenvalue weighted by Crippen LogP contribution is -2.46. The molecule has 22 heavy (non-hydrogen) atoms. The van der Waals surface area contributed by atoms with E-state index < -0.39 is 5.60 Å². The van der Waals surface area contributed by atoms with E-state index in [9.17, 15) is 4.79 Å². The van der Waals surface area contributed by atoms with E-state index >= 15 is 0 Å². The highest BCUT2D eigenvalue weighted by molar-refractivity contribution is 5.67. The molecule has 2 N–H and O–H groups in total. The summed E-state index contributed by atoms with van der Waals surface area (Å²) in [5.74, 6) is 0. The third-order valence-electron chi connectivity index (χ3n) is 4.03. The number of likely N-dealkylation sites (tertiary alicyclic amines) is 1. The number of piperidine rings is 1. The van der Waals surface area contributed by atoms with Gasteiger partial charge in [0.1, 0.15) is 5.60 Å². The Morgan fingerprint density at radius 3 is 2.32 bits per heavy atom. The predicted molar refractivity (Wildman–Crippen MR) is 91.2 cm³/mol. The summed E-state index contributed by atoms with van der Waals surface area (Å²) >= 11 is 0. The van der Waals surface area contributed by atoms with Crippen LogP contribution >= 0.6 is 0 Å². The van der Waals surface area contributed by atoms with Gasteiger partial charge in [-0.3, -0.25) is 0 Å². The van der Waals surface area contributed by atoms with E-state index in [0.29, 0.717) is 12.1 Å². The molecule has 5 heteroatoms. The van der Waals surface area contributed by atoms with E-state index in [2.05, 4.69) is 29.4 Å². The molecule has 1 unspecified atom stereocenters. The van der Waals surface area contributed by atoms with Crippen LogP contribution < -0.4 is 10.6 Å². The number of rotatable bonds is 6. The molecule has 1 aliphatic heterocycles. The summed E-state index contributed by atoms with van der Waals surface area (Å²) in [5, 5.41) is 6.50. The minimum Gasteiger partial charge on any atom is -0.444 e. The van der Waals surface area contributed by atoms with E-state index in [1.807, 2.05) is 27.7 Å². The zero-order chi connectivity index (χ0) is 16.8. The van der Waals surface area contributed by atoms with Crippen molar-refractivity contribution in [3.05, 3.63) is 0 Å².